The highest BCUT2D eigenvalue weighted by molar-refractivity contribution is 7.90. The lowest BCUT2D eigenvalue weighted by atomic mass is 10.1. The number of nitrogens with one attached hydrogen (secondary N) is 1. The molecule has 15 nitrogen and oxygen atoms in total. The zero-order valence-electron chi connectivity index (χ0n) is 16.7. The molecular weight excluding hydrogens is 462 g/mol. The van der Waals surface area contributed by atoms with E-state index in [0.29, 0.717) is 0 Å². The molecule has 0 bridgehead atoms. The highest BCUT2D eigenvalue weighted by atomic mass is 32.2. The quantitative estimate of drug-likeness (QED) is 0.148. The van der Waals surface area contributed by atoms with Crippen molar-refractivity contribution in [2.75, 3.05) is 11.6 Å². The Morgan fingerprint density at radius 3 is 2.52 bits per heavy atom. The van der Waals surface area contributed by atoms with Crippen molar-refractivity contribution in [1.29, 1.82) is 5.26 Å². The number of nitrogens with two attached hydrogens (primary N) is 2. The van der Waals surface area contributed by atoms with Crippen molar-refractivity contribution in [2.24, 2.45) is 11.5 Å². The van der Waals surface area contributed by atoms with Crippen LogP contribution in [0.5, 0.6) is 11.6 Å². The fourth-order valence-corrected chi connectivity index (χ4v) is 2.86. The molecule has 0 aliphatic rings. The first kappa shape index (κ1) is 24.8. The Bertz CT molecular complexity index is 1180. The van der Waals surface area contributed by atoms with E-state index < -0.39 is 68.9 Å². The van der Waals surface area contributed by atoms with E-state index in [-0.39, 0.29) is 16.9 Å². The minimum atomic E-state index is -1.93. The lowest BCUT2D eigenvalue weighted by Gasteiger charge is -2.16. The van der Waals surface area contributed by atoms with E-state index in [9.17, 15) is 34.2 Å². The van der Waals surface area contributed by atoms with Crippen LogP contribution in [0.3, 0.4) is 0 Å². The Kier molecular flexibility index (Phi) is 7.67. The molecule has 2 amide bonds. The van der Waals surface area contributed by atoms with E-state index in [1.54, 1.807) is 6.07 Å². The van der Waals surface area contributed by atoms with Gasteiger partial charge in [-0.05, 0) is 18.2 Å². The van der Waals surface area contributed by atoms with Gasteiger partial charge in [-0.25, -0.2) is 4.79 Å². The van der Waals surface area contributed by atoms with E-state index >= 15 is 0 Å². The number of carbonyl (C=O) groups is 3. The SMILES string of the molecule is C[S+]([O-])c1nc(NC(CC(N)=O)C(=O)O)c([N+](=O)[O-])c(Oc2cc(C#N)ccc2C(N)=O)n1. The Morgan fingerprint density at radius 1 is 1.36 bits per heavy atom. The third kappa shape index (κ3) is 6.03. The van der Waals surface area contributed by atoms with Gasteiger partial charge in [-0.3, -0.25) is 19.7 Å². The molecule has 0 saturated heterocycles. The number of anilines is 1. The van der Waals surface area contributed by atoms with Crippen LogP contribution < -0.4 is 21.5 Å². The molecule has 2 rings (SSSR count). The maximum Gasteiger partial charge on any atom is 0.373 e. The van der Waals surface area contributed by atoms with Crippen molar-refractivity contribution in [3.8, 4) is 17.7 Å². The van der Waals surface area contributed by atoms with Crippen molar-refractivity contribution in [3.05, 3.63) is 39.4 Å². The number of rotatable bonds is 10. The summed E-state index contributed by atoms with van der Waals surface area (Å²) in [5, 5.41) is 31.8. The summed E-state index contributed by atoms with van der Waals surface area (Å²) in [7, 11) is 0. The van der Waals surface area contributed by atoms with Gasteiger partial charge in [-0.2, -0.15) is 10.2 Å². The highest BCUT2D eigenvalue weighted by Gasteiger charge is 2.33. The number of benzene rings is 1. The number of aromatic nitrogens is 2. The van der Waals surface area contributed by atoms with Crippen molar-refractivity contribution in [1.82, 2.24) is 9.97 Å². The first-order valence-corrected chi connectivity index (χ1v) is 10.2. The molecule has 1 heterocycles. The molecule has 0 saturated carbocycles. The largest absolute Gasteiger partial charge is 0.609 e. The number of carbonyl (C=O) groups excluding carboxylic acids is 2. The second-order valence-corrected chi connectivity index (χ2v) is 7.49. The zero-order valence-corrected chi connectivity index (χ0v) is 17.5. The van der Waals surface area contributed by atoms with Gasteiger partial charge in [0.1, 0.15) is 18.0 Å². The van der Waals surface area contributed by atoms with Gasteiger partial charge in [0.15, 0.2) is 0 Å². The van der Waals surface area contributed by atoms with Crippen LogP contribution in [0.1, 0.15) is 22.3 Å². The van der Waals surface area contributed by atoms with Crippen molar-refractivity contribution >= 4 is 40.5 Å². The third-order valence-corrected chi connectivity index (χ3v) is 4.57. The van der Waals surface area contributed by atoms with Crippen molar-refractivity contribution in [3.63, 3.8) is 0 Å². The predicted molar refractivity (Wildman–Crippen MR) is 110 cm³/mol. The molecule has 0 fully saturated rings. The molecule has 33 heavy (non-hydrogen) atoms. The number of nitrogens with zero attached hydrogens (tertiary/aromatic N) is 4. The standard InChI is InChI=1S/C17H15N7O8S/c1-33(31)17-22-14(21-9(16(27)28)5-11(19)25)12(24(29)30)15(23-17)32-10-4-7(6-18)2-3-8(10)13(20)26/h2-4,9H,5H2,1H3,(H2,19,25)(H2,20,26)(H,27,28)(H,21,22,23). The van der Waals surface area contributed by atoms with Crippen LogP contribution in [-0.2, 0) is 20.8 Å². The minimum absolute atomic E-state index is 0.0109. The van der Waals surface area contributed by atoms with Crippen LogP contribution in [0.15, 0.2) is 23.4 Å². The molecule has 2 aromatic rings. The fraction of sp³-hybridized carbons (Fsp3) is 0.176. The first-order valence-electron chi connectivity index (χ1n) is 8.63. The van der Waals surface area contributed by atoms with Gasteiger partial charge in [0.05, 0.1) is 28.5 Å². The maximum absolute atomic E-state index is 12.0. The maximum atomic E-state index is 12.0. The molecule has 0 aliphatic heterocycles. The van der Waals surface area contributed by atoms with Gasteiger partial charge < -0.3 is 31.2 Å². The fourth-order valence-electron chi connectivity index (χ4n) is 2.43. The molecule has 0 spiro atoms. The molecule has 1 aromatic heterocycles. The Labute approximate surface area is 187 Å². The van der Waals surface area contributed by atoms with E-state index in [2.05, 4.69) is 15.3 Å². The number of nitro groups is 1. The number of nitriles is 1. The van der Waals surface area contributed by atoms with Gasteiger partial charge in [-0.15, -0.1) is 4.98 Å². The molecule has 16 heteroatoms. The van der Waals surface area contributed by atoms with Gasteiger partial charge in [0.25, 0.3) is 5.91 Å². The van der Waals surface area contributed by atoms with Gasteiger partial charge >= 0.3 is 22.7 Å². The Morgan fingerprint density at radius 2 is 2.03 bits per heavy atom. The Balaban J connectivity index is 2.72. The molecular formula is C17H15N7O8S. The van der Waals surface area contributed by atoms with Crippen LogP contribution in [-0.4, -0.2) is 54.6 Å². The molecule has 0 radical (unpaired) electrons. The number of carboxylic acid groups (broad SMARTS) is 1. The summed E-state index contributed by atoms with van der Waals surface area (Å²) in [6.45, 7) is 0. The number of hydrogen-bond acceptors (Lipinski definition) is 11. The summed E-state index contributed by atoms with van der Waals surface area (Å²) in [6.07, 6.45) is 0.380. The van der Waals surface area contributed by atoms with Crippen LogP contribution in [0.2, 0.25) is 0 Å². The second kappa shape index (κ2) is 10.2. The topological polar surface area (TPSA) is 261 Å². The smallest absolute Gasteiger partial charge is 0.373 e. The summed E-state index contributed by atoms with van der Waals surface area (Å²) in [5.74, 6) is -5.54. The van der Waals surface area contributed by atoms with Crippen LogP contribution in [0.25, 0.3) is 0 Å². The normalized spacial score (nSPS) is 12.2. The zero-order chi connectivity index (χ0) is 24.9. The van der Waals surface area contributed by atoms with E-state index in [4.69, 9.17) is 21.5 Å². The lowest BCUT2D eigenvalue weighted by molar-refractivity contribution is -0.385. The van der Waals surface area contributed by atoms with Crippen LogP contribution >= 0.6 is 0 Å². The second-order valence-electron chi connectivity index (χ2n) is 6.21. The van der Waals surface area contributed by atoms with Crippen LogP contribution in [0, 0.1) is 21.4 Å². The Hall–Kier alpha value is -4.49. The van der Waals surface area contributed by atoms with E-state index in [0.717, 1.165) is 18.4 Å². The third-order valence-electron chi connectivity index (χ3n) is 3.87. The molecule has 172 valence electrons. The average Bonchev–Trinajstić information content (AvgIpc) is 2.71. The van der Waals surface area contributed by atoms with Crippen molar-refractivity contribution in [2.45, 2.75) is 17.6 Å². The van der Waals surface area contributed by atoms with Gasteiger partial charge in [-0.1, -0.05) is 0 Å². The number of hydrogen-bond donors (Lipinski definition) is 4. The number of ether oxygens (including phenoxy) is 1. The van der Waals surface area contributed by atoms with E-state index in [1.165, 1.54) is 6.07 Å². The number of aliphatic carboxylic acids is 1. The van der Waals surface area contributed by atoms with Crippen molar-refractivity contribution < 1.29 is 33.7 Å². The van der Waals surface area contributed by atoms with Gasteiger partial charge in [0.2, 0.25) is 11.7 Å². The minimum Gasteiger partial charge on any atom is -0.609 e. The number of amides is 2. The first-order chi connectivity index (χ1) is 15.4. The summed E-state index contributed by atoms with van der Waals surface area (Å²) in [4.78, 5) is 52.5. The summed E-state index contributed by atoms with van der Waals surface area (Å²) in [5.41, 5.74) is 9.04. The molecule has 6 N–H and O–H groups in total. The molecule has 1 aromatic carbocycles. The highest BCUT2D eigenvalue weighted by Crippen LogP contribution is 2.37. The number of primary amides is 2. The monoisotopic (exact) mass is 477 g/mol. The summed E-state index contributed by atoms with van der Waals surface area (Å²) >= 11 is -1.93. The van der Waals surface area contributed by atoms with E-state index in [1.807, 2.05) is 0 Å². The number of carboxylic acids is 1. The summed E-state index contributed by atoms with van der Waals surface area (Å²) in [6, 6.07) is 3.52. The molecule has 2 atom stereocenters. The van der Waals surface area contributed by atoms with Crippen LogP contribution in [0.4, 0.5) is 11.5 Å². The average molecular weight is 477 g/mol. The summed E-state index contributed by atoms with van der Waals surface area (Å²) < 4.78 is 17.4. The van der Waals surface area contributed by atoms with Gasteiger partial charge in [0, 0.05) is 11.2 Å². The lowest BCUT2D eigenvalue weighted by Crippen LogP contribution is -2.34. The predicted octanol–water partition coefficient (Wildman–Crippen LogP) is -0.374. The molecule has 0 aliphatic carbocycles. The molecule has 2 unspecified atom stereocenters.